The molecule has 1 unspecified atom stereocenters. The Balaban J connectivity index is 3.01. The third-order valence-corrected chi connectivity index (χ3v) is 3.25. The van der Waals surface area contributed by atoms with Crippen LogP contribution in [0.15, 0.2) is 30.4 Å². The summed E-state index contributed by atoms with van der Waals surface area (Å²) in [6.07, 6.45) is -2.22. The number of alkyl halides is 3. The molecule has 0 bridgehead atoms. The van der Waals surface area contributed by atoms with Gasteiger partial charge in [-0.3, -0.25) is 0 Å². The molecule has 1 aromatic carbocycles. The SMILES string of the molecule is CCC(C=CC(=O)OC)Oc1cc(I)ccc1C(F)(F)F. The van der Waals surface area contributed by atoms with Gasteiger partial charge in [0, 0.05) is 9.65 Å². The Hall–Kier alpha value is -1.25. The lowest BCUT2D eigenvalue weighted by atomic mass is 10.2. The first-order valence-corrected chi connectivity index (χ1v) is 7.15. The fourth-order valence-electron chi connectivity index (χ4n) is 1.50. The van der Waals surface area contributed by atoms with Crippen molar-refractivity contribution in [3.05, 3.63) is 39.5 Å². The summed E-state index contributed by atoms with van der Waals surface area (Å²) in [6, 6.07) is 3.66. The zero-order valence-corrected chi connectivity index (χ0v) is 13.6. The van der Waals surface area contributed by atoms with Crippen LogP contribution >= 0.6 is 22.6 Å². The molecule has 0 N–H and O–H groups in total. The normalized spacial score (nSPS) is 13.2. The van der Waals surface area contributed by atoms with Gasteiger partial charge in [-0.05, 0) is 53.3 Å². The van der Waals surface area contributed by atoms with E-state index in [0.29, 0.717) is 9.99 Å². The lowest BCUT2D eigenvalue weighted by Crippen LogP contribution is -2.16. The first-order chi connectivity index (χ1) is 9.77. The fraction of sp³-hybridized carbons (Fsp3) is 0.357. The molecule has 0 fully saturated rings. The average molecular weight is 414 g/mol. The number of rotatable bonds is 5. The summed E-state index contributed by atoms with van der Waals surface area (Å²) in [4.78, 5) is 11.0. The van der Waals surface area contributed by atoms with E-state index in [4.69, 9.17) is 4.74 Å². The Morgan fingerprint density at radius 1 is 1.43 bits per heavy atom. The summed E-state index contributed by atoms with van der Waals surface area (Å²) in [5.74, 6) is -0.841. The van der Waals surface area contributed by atoms with Gasteiger partial charge in [0.1, 0.15) is 11.9 Å². The number of hydrogen-bond acceptors (Lipinski definition) is 3. The second kappa shape index (κ2) is 7.67. The van der Waals surface area contributed by atoms with E-state index in [1.165, 1.54) is 25.3 Å². The summed E-state index contributed by atoms with van der Waals surface area (Å²) >= 11 is 1.91. The lowest BCUT2D eigenvalue weighted by Gasteiger charge is -2.18. The highest BCUT2D eigenvalue weighted by Crippen LogP contribution is 2.37. The molecule has 21 heavy (non-hydrogen) atoms. The zero-order valence-electron chi connectivity index (χ0n) is 11.4. The first-order valence-electron chi connectivity index (χ1n) is 6.07. The molecule has 7 heteroatoms. The molecule has 0 aliphatic rings. The van der Waals surface area contributed by atoms with Gasteiger partial charge >= 0.3 is 12.1 Å². The second-order valence-corrected chi connectivity index (χ2v) is 5.33. The Labute approximate surface area is 134 Å². The van der Waals surface area contributed by atoms with E-state index in [1.807, 2.05) is 22.6 Å². The van der Waals surface area contributed by atoms with Crippen LogP contribution < -0.4 is 4.74 Å². The van der Waals surface area contributed by atoms with Crippen molar-refractivity contribution >= 4 is 28.6 Å². The molecule has 0 saturated carbocycles. The van der Waals surface area contributed by atoms with Crippen LogP contribution in [0.4, 0.5) is 13.2 Å². The molecule has 0 spiro atoms. The maximum Gasteiger partial charge on any atom is 0.419 e. The van der Waals surface area contributed by atoms with E-state index >= 15 is 0 Å². The molecule has 0 aromatic heterocycles. The minimum absolute atomic E-state index is 0.254. The Kier molecular flexibility index (Phi) is 6.50. The Bertz CT molecular complexity index is 527. The number of carbonyl (C=O) groups excluding carboxylic acids is 1. The molecule has 0 radical (unpaired) electrons. The van der Waals surface area contributed by atoms with Crippen molar-refractivity contribution in [3.63, 3.8) is 0 Å². The average Bonchev–Trinajstić information content (AvgIpc) is 2.41. The minimum atomic E-state index is -4.50. The van der Waals surface area contributed by atoms with E-state index in [1.54, 1.807) is 6.92 Å². The molecule has 0 aliphatic heterocycles. The summed E-state index contributed by atoms with van der Waals surface area (Å²) in [6.45, 7) is 1.74. The minimum Gasteiger partial charge on any atom is -0.486 e. The molecule has 3 nitrogen and oxygen atoms in total. The number of ether oxygens (including phenoxy) is 2. The van der Waals surface area contributed by atoms with Crippen molar-refractivity contribution in [2.45, 2.75) is 25.6 Å². The van der Waals surface area contributed by atoms with Gasteiger partial charge in [-0.25, -0.2) is 4.79 Å². The monoisotopic (exact) mass is 414 g/mol. The van der Waals surface area contributed by atoms with Crippen LogP contribution in [0.1, 0.15) is 18.9 Å². The van der Waals surface area contributed by atoms with Crippen LogP contribution in [0.2, 0.25) is 0 Å². The van der Waals surface area contributed by atoms with Crippen LogP contribution in [-0.2, 0) is 15.7 Å². The van der Waals surface area contributed by atoms with E-state index in [0.717, 1.165) is 12.1 Å². The lowest BCUT2D eigenvalue weighted by molar-refractivity contribution is -0.139. The van der Waals surface area contributed by atoms with Crippen molar-refractivity contribution < 1.29 is 27.4 Å². The molecule has 0 aliphatic carbocycles. The van der Waals surface area contributed by atoms with Gasteiger partial charge < -0.3 is 9.47 Å². The smallest absolute Gasteiger partial charge is 0.419 e. The van der Waals surface area contributed by atoms with Crippen LogP contribution in [0.3, 0.4) is 0 Å². The number of carbonyl (C=O) groups is 1. The number of halogens is 4. The van der Waals surface area contributed by atoms with E-state index < -0.39 is 23.8 Å². The molecule has 0 amide bonds. The molecule has 0 heterocycles. The number of benzene rings is 1. The van der Waals surface area contributed by atoms with Crippen molar-refractivity contribution in [2.75, 3.05) is 7.11 Å². The fourth-order valence-corrected chi connectivity index (χ4v) is 1.97. The molecule has 1 atom stereocenters. The zero-order chi connectivity index (χ0) is 16.0. The Morgan fingerprint density at radius 3 is 2.62 bits per heavy atom. The molecule has 0 saturated heterocycles. The highest BCUT2D eigenvalue weighted by atomic mass is 127. The second-order valence-electron chi connectivity index (χ2n) is 4.09. The van der Waals surface area contributed by atoms with Crippen molar-refractivity contribution in [3.8, 4) is 5.75 Å². The molecule has 1 aromatic rings. The standard InChI is InChI=1S/C14H14F3IO3/c1-3-10(5-7-13(19)20-2)21-12-8-9(18)4-6-11(12)14(15,16)17/h4-8,10H,3H2,1-2H3. The summed E-state index contributed by atoms with van der Waals surface area (Å²) in [5.41, 5.74) is -0.840. The highest BCUT2D eigenvalue weighted by molar-refractivity contribution is 14.1. The third kappa shape index (κ3) is 5.56. The summed E-state index contributed by atoms with van der Waals surface area (Å²) in [5, 5.41) is 0. The van der Waals surface area contributed by atoms with Gasteiger partial charge in [0.05, 0.1) is 12.7 Å². The highest BCUT2D eigenvalue weighted by Gasteiger charge is 2.34. The summed E-state index contributed by atoms with van der Waals surface area (Å²) < 4.78 is 49.2. The van der Waals surface area contributed by atoms with E-state index in [2.05, 4.69) is 4.74 Å². The van der Waals surface area contributed by atoms with Crippen molar-refractivity contribution in [1.82, 2.24) is 0 Å². The predicted octanol–water partition coefficient (Wildman–Crippen LogP) is 4.20. The van der Waals surface area contributed by atoms with Crippen LogP contribution in [0, 0.1) is 3.57 Å². The molecular formula is C14H14F3IO3. The maximum atomic E-state index is 12.9. The predicted molar refractivity (Wildman–Crippen MR) is 80.0 cm³/mol. The van der Waals surface area contributed by atoms with Gasteiger partial charge in [-0.1, -0.05) is 6.92 Å². The largest absolute Gasteiger partial charge is 0.486 e. The quantitative estimate of drug-likeness (QED) is 0.412. The topological polar surface area (TPSA) is 35.5 Å². The number of hydrogen-bond donors (Lipinski definition) is 0. The first kappa shape index (κ1) is 17.8. The van der Waals surface area contributed by atoms with Crippen LogP contribution in [-0.4, -0.2) is 19.2 Å². The summed E-state index contributed by atoms with van der Waals surface area (Å²) in [7, 11) is 1.22. The van der Waals surface area contributed by atoms with Gasteiger partial charge in [0.2, 0.25) is 0 Å². The maximum absolute atomic E-state index is 12.9. The van der Waals surface area contributed by atoms with Gasteiger partial charge in [-0.2, -0.15) is 13.2 Å². The van der Waals surface area contributed by atoms with E-state index in [9.17, 15) is 18.0 Å². The number of esters is 1. The number of methoxy groups -OCH3 is 1. The Morgan fingerprint density at radius 2 is 2.10 bits per heavy atom. The van der Waals surface area contributed by atoms with E-state index in [-0.39, 0.29) is 5.75 Å². The van der Waals surface area contributed by atoms with Crippen molar-refractivity contribution in [2.24, 2.45) is 0 Å². The van der Waals surface area contributed by atoms with Gasteiger partial charge in [-0.15, -0.1) is 0 Å². The molecule has 116 valence electrons. The molecular weight excluding hydrogens is 400 g/mol. The molecule has 1 rings (SSSR count). The third-order valence-electron chi connectivity index (χ3n) is 2.58. The van der Waals surface area contributed by atoms with Crippen molar-refractivity contribution in [1.29, 1.82) is 0 Å². The van der Waals surface area contributed by atoms with Gasteiger partial charge in [0.25, 0.3) is 0 Å². The van der Waals surface area contributed by atoms with Gasteiger partial charge in [0.15, 0.2) is 0 Å². The van der Waals surface area contributed by atoms with Crippen LogP contribution in [0.5, 0.6) is 5.75 Å². The van der Waals surface area contributed by atoms with Crippen LogP contribution in [0.25, 0.3) is 0 Å².